The highest BCUT2D eigenvalue weighted by atomic mass is 16.5. The number of urea groups is 1. The molecule has 5 nitrogen and oxygen atoms in total. The summed E-state index contributed by atoms with van der Waals surface area (Å²) in [5, 5.41) is 5.62. The molecule has 27 heavy (non-hydrogen) atoms. The van der Waals surface area contributed by atoms with Gasteiger partial charge >= 0.3 is 6.03 Å². The molecule has 2 aromatic carbocycles. The van der Waals surface area contributed by atoms with Crippen molar-refractivity contribution in [3.05, 3.63) is 77.5 Å². The van der Waals surface area contributed by atoms with Gasteiger partial charge in [0, 0.05) is 11.9 Å². The van der Waals surface area contributed by atoms with Crippen molar-refractivity contribution in [1.29, 1.82) is 0 Å². The van der Waals surface area contributed by atoms with Gasteiger partial charge in [0.05, 0.1) is 0 Å². The fourth-order valence-electron chi connectivity index (χ4n) is 3.43. The van der Waals surface area contributed by atoms with Gasteiger partial charge in [0.25, 0.3) is 0 Å². The fourth-order valence-corrected chi connectivity index (χ4v) is 3.43. The molecule has 0 radical (unpaired) electrons. The number of fused-ring (bicyclic) bond motifs is 1. The number of pyridine rings is 1. The fraction of sp³-hybridized carbons (Fsp3) is 0.182. The van der Waals surface area contributed by atoms with Crippen LogP contribution in [0.5, 0.6) is 11.6 Å². The molecule has 0 atom stereocenters. The number of para-hydroxylation sites is 1. The van der Waals surface area contributed by atoms with E-state index in [9.17, 15) is 4.79 Å². The molecule has 2 amide bonds. The molecule has 0 spiro atoms. The van der Waals surface area contributed by atoms with Gasteiger partial charge in [-0.3, -0.25) is 0 Å². The van der Waals surface area contributed by atoms with Crippen molar-refractivity contribution in [2.75, 3.05) is 10.6 Å². The molecular formula is C22H21N3O2. The predicted octanol–water partition coefficient (Wildman–Crippen LogP) is 5.32. The van der Waals surface area contributed by atoms with Crippen LogP contribution in [0.2, 0.25) is 0 Å². The normalized spacial score (nSPS) is 12.3. The number of hydrogen-bond donors (Lipinski definition) is 2. The van der Waals surface area contributed by atoms with Crippen LogP contribution in [0.15, 0.2) is 60.8 Å². The highest BCUT2D eigenvalue weighted by Gasteiger charge is 2.19. The monoisotopic (exact) mass is 359 g/mol. The number of nitrogens with one attached hydrogen (secondary N) is 2. The average Bonchev–Trinajstić information content (AvgIpc) is 3.17. The zero-order chi connectivity index (χ0) is 18.6. The van der Waals surface area contributed by atoms with E-state index in [1.54, 1.807) is 18.3 Å². The Kier molecular flexibility index (Phi) is 4.75. The van der Waals surface area contributed by atoms with E-state index >= 15 is 0 Å². The summed E-state index contributed by atoms with van der Waals surface area (Å²) in [5.74, 6) is 1.21. The number of aromatic nitrogens is 1. The Morgan fingerprint density at radius 1 is 0.963 bits per heavy atom. The molecule has 1 aromatic heterocycles. The number of carbonyl (C=O) groups excluding carboxylic acids is 1. The van der Waals surface area contributed by atoms with Crippen LogP contribution in [0.3, 0.4) is 0 Å². The number of ether oxygens (including phenoxy) is 1. The lowest BCUT2D eigenvalue weighted by molar-refractivity contribution is 0.262. The van der Waals surface area contributed by atoms with Gasteiger partial charge in [0.1, 0.15) is 11.4 Å². The van der Waals surface area contributed by atoms with Crippen LogP contribution < -0.4 is 15.4 Å². The summed E-state index contributed by atoms with van der Waals surface area (Å²) in [5.41, 5.74) is 5.17. The molecule has 2 N–H and O–H groups in total. The third kappa shape index (κ3) is 3.77. The topological polar surface area (TPSA) is 63.2 Å². The highest BCUT2D eigenvalue weighted by molar-refractivity contribution is 6.00. The smallest absolute Gasteiger partial charge is 0.323 e. The van der Waals surface area contributed by atoms with Crippen molar-refractivity contribution >= 4 is 17.4 Å². The summed E-state index contributed by atoms with van der Waals surface area (Å²) in [6, 6.07) is 16.6. The van der Waals surface area contributed by atoms with Gasteiger partial charge in [0.2, 0.25) is 5.88 Å². The Morgan fingerprint density at radius 2 is 1.78 bits per heavy atom. The van der Waals surface area contributed by atoms with Gasteiger partial charge in [-0.1, -0.05) is 24.3 Å². The molecule has 0 bridgehead atoms. The quantitative estimate of drug-likeness (QED) is 0.663. The first-order valence-electron chi connectivity index (χ1n) is 9.08. The number of carbonyl (C=O) groups is 1. The van der Waals surface area contributed by atoms with Crippen LogP contribution in [0, 0.1) is 6.92 Å². The lowest BCUT2D eigenvalue weighted by atomic mass is 10.0. The Bertz CT molecular complexity index is 971. The van der Waals surface area contributed by atoms with E-state index in [0.717, 1.165) is 30.7 Å². The zero-order valence-corrected chi connectivity index (χ0v) is 15.2. The van der Waals surface area contributed by atoms with Crippen LogP contribution in [-0.4, -0.2) is 11.0 Å². The molecule has 0 saturated heterocycles. The Hall–Kier alpha value is -3.34. The second-order valence-electron chi connectivity index (χ2n) is 6.59. The van der Waals surface area contributed by atoms with Crippen LogP contribution in [0.25, 0.3) is 0 Å². The molecule has 0 aliphatic heterocycles. The molecule has 0 saturated carbocycles. The number of nitrogens with zero attached hydrogens (tertiary/aromatic N) is 1. The Balaban J connectivity index is 1.54. The molecule has 5 heteroatoms. The molecule has 0 unspecified atom stereocenters. The van der Waals surface area contributed by atoms with E-state index in [-0.39, 0.29) is 6.03 Å². The molecule has 1 heterocycles. The first kappa shape index (κ1) is 17.1. The van der Waals surface area contributed by atoms with E-state index in [4.69, 9.17) is 4.74 Å². The largest absolute Gasteiger partial charge is 0.437 e. The first-order valence-corrected chi connectivity index (χ1v) is 9.08. The van der Waals surface area contributed by atoms with Gasteiger partial charge in [-0.25, -0.2) is 9.78 Å². The molecule has 136 valence electrons. The summed E-state index contributed by atoms with van der Waals surface area (Å²) in [6.45, 7) is 2.13. The second kappa shape index (κ2) is 7.50. The molecule has 0 fully saturated rings. The van der Waals surface area contributed by atoms with E-state index in [0.29, 0.717) is 11.6 Å². The third-order valence-electron chi connectivity index (χ3n) is 4.73. The standard InChI is InChI=1S/C22H21N3O2/c1-15-12-13-20(18-10-5-9-17(15)18)27-21-19(11-6-14-23-21)25-22(26)24-16-7-3-2-4-8-16/h2-4,6-8,11-14H,5,9-10H2,1H3,(H2,24,25,26). The van der Waals surface area contributed by atoms with E-state index in [1.165, 1.54) is 16.7 Å². The SMILES string of the molecule is Cc1ccc(Oc2ncccc2NC(=O)Nc2ccccc2)c2c1CCC2. The summed E-state index contributed by atoms with van der Waals surface area (Å²) < 4.78 is 6.10. The maximum absolute atomic E-state index is 12.3. The molecule has 4 rings (SSSR count). The lowest BCUT2D eigenvalue weighted by Gasteiger charge is -2.15. The highest BCUT2D eigenvalue weighted by Crippen LogP contribution is 2.36. The van der Waals surface area contributed by atoms with Crippen molar-refractivity contribution < 1.29 is 9.53 Å². The minimum atomic E-state index is -0.340. The number of anilines is 2. The van der Waals surface area contributed by atoms with Crippen molar-refractivity contribution in [2.45, 2.75) is 26.2 Å². The number of rotatable bonds is 4. The van der Waals surface area contributed by atoms with Gasteiger partial charge in [-0.05, 0) is 73.2 Å². The van der Waals surface area contributed by atoms with Crippen molar-refractivity contribution in [3.8, 4) is 11.6 Å². The minimum absolute atomic E-state index is 0.340. The number of aryl methyl sites for hydroxylation is 1. The van der Waals surface area contributed by atoms with Gasteiger partial charge < -0.3 is 15.4 Å². The van der Waals surface area contributed by atoms with Crippen molar-refractivity contribution in [1.82, 2.24) is 4.98 Å². The van der Waals surface area contributed by atoms with Crippen LogP contribution in [-0.2, 0) is 12.8 Å². The van der Waals surface area contributed by atoms with E-state index in [2.05, 4.69) is 28.6 Å². The van der Waals surface area contributed by atoms with Gasteiger partial charge in [-0.15, -0.1) is 0 Å². The van der Waals surface area contributed by atoms with Crippen molar-refractivity contribution in [3.63, 3.8) is 0 Å². The van der Waals surface area contributed by atoms with Crippen molar-refractivity contribution in [2.24, 2.45) is 0 Å². The zero-order valence-electron chi connectivity index (χ0n) is 15.2. The molecular weight excluding hydrogens is 338 g/mol. The summed E-state index contributed by atoms with van der Waals surface area (Å²) in [6.07, 6.45) is 4.90. The second-order valence-corrected chi connectivity index (χ2v) is 6.59. The first-order chi connectivity index (χ1) is 13.2. The van der Waals surface area contributed by atoms with Crippen LogP contribution in [0.4, 0.5) is 16.2 Å². The molecule has 3 aromatic rings. The predicted molar refractivity (Wildman–Crippen MR) is 107 cm³/mol. The number of amides is 2. The van der Waals surface area contributed by atoms with Crippen LogP contribution >= 0.6 is 0 Å². The Labute approximate surface area is 158 Å². The maximum atomic E-state index is 12.3. The summed E-state index contributed by atoms with van der Waals surface area (Å²) >= 11 is 0. The van der Waals surface area contributed by atoms with Crippen LogP contribution in [0.1, 0.15) is 23.1 Å². The summed E-state index contributed by atoms with van der Waals surface area (Å²) in [4.78, 5) is 16.6. The van der Waals surface area contributed by atoms with E-state index in [1.807, 2.05) is 36.4 Å². The lowest BCUT2D eigenvalue weighted by Crippen LogP contribution is -2.19. The van der Waals surface area contributed by atoms with Gasteiger partial charge in [0.15, 0.2) is 0 Å². The summed E-state index contributed by atoms with van der Waals surface area (Å²) in [7, 11) is 0. The Morgan fingerprint density at radius 3 is 2.63 bits per heavy atom. The maximum Gasteiger partial charge on any atom is 0.323 e. The molecule has 1 aliphatic carbocycles. The third-order valence-corrected chi connectivity index (χ3v) is 4.73. The minimum Gasteiger partial charge on any atom is -0.437 e. The van der Waals surface area contributed by atoms with E-state index < -0.39 is 0 Å². The van der Waals surface area contributed by atoms with Gasteiger partial charge in [-0.2, -0.15) is 0 Å². The average molecular weight is 359 g/mol. The molecule has 1 aliphatic rings. The number of hydrogen-bond acceptors (Lipinski definition) is 3. The number of benzene rings is 2.